The van der Waals surface area contributed by atoms with Gasteiger partial charge in [-0.3, -0.25) is 9.59 Å². The summed E-state index contributed by atoms with van der Waals surface area (Å²) in [6.07, 6.45) is 7.26. The van der Waals surface area contributed by atoms with Crippen molar-refractivity contribution in [2.75, 3.05) is 10.2 Å². The Hall–Kier alpha value is -4.33. The highest BCUT2D eigenvalue weighted by atomic mass is 16.4. The summed E-state index contributed by atoms with van der Waals surface area (Å²) in [7, 11) is 0. The number of amides is 3. The zero-order chi connectivity index (χ0) is 30.9. The largest absolute Gasteiger partial charge is 0.465 e. The number of piperidine rings is 1. The molecule has 5 rings (SSSR count). The van der Waals surface area contributed by atoms with Crippen LogP contribution in [0.2, 0.25) is 0 Å². The molecule has 3 heterocycles. The highest BCUT2D eigenvalue weighted by Crippen LogP contribution is 2.39. The number of fused-ring (bicyclic) bond motifs is 2. The van der Waals surface area contributed by atoms with Crippen molar-refractivity contribution in [3.05, 3.63) is 53.2 Å². The van der Waals surface area contributed by atoms with Crippen molar-refractivity contribution in [1.29, 1.82) is 5.26 Å². The van der Waals surface area contributed by atoms with Crippen LogP contribution < -0.4 is 21.3 Å². The van der Waals surface area contributed by atoms with Crippen molar-refractivity contribution in [1.82, 2.24) is 15.2 Å². The predicted molar refractivity (Wildman–Crippen MR) is 163 cm³/mol. The summed E-state index contributed by atoms with van der Waals surface area (Å²) < 4.78 is 0. The maximum atomic E-state index is 13.4. The number of nitriles is 1. The van der Waals surface area contributed by atoms with E-state index >= 15 is 0 Å². The molecule has 3 aliphatic rings. The summed E-state index contributed by atoms with van der Waals surface area (Å²) in [5.74, 6) is 0.161. The Bertz CT molecular complexity index is 1390. The molecule has 1 aliphatic carbocycles. The van der Waals surface area contributed by atoms with Crippen LogP contribution in [0.5, 0.6) is 0 Å². The topological polar surface area (TPSA) is 165 Å². The van der Waals surface area contributed by atoms with Gasteiger partial charge in [0, 0.05) is 47.5 Å². The first-order valence-corrected chi connectivity index (χ1v) is 15.1. The molecule has 1 aromatic carbocycles. The number of aromatic nitrogens is 1. The fraction of sp³-hybridized carbons (Fsp3) is 0.531. The minimum Gasteiger partial charge on any atom is -0.465 e. The van der Waals surface area contributed by atoms with E-state index in [1.165, 1.54) is 6.20 Å². The third-order valence-corrected chi connectivity index (χ3v) is 9.12. The van der Waals surface area contributed by atoms with Gasteiger partial charge in [0.25, 0.3) is 5.91 Å². The fourth-order valence-corrected chi connectivity index (χ4v) is 7.21. The summed E-state index contributed by atoms with van der Waals surface area (Å²) >= 11 is 0. The average molecular weight is 588 g/mol. The second kappa shape index (κ2) is 12.1. The van der Waals surface area contributed by atoms with Crippen LogP contribution in [-0.2, 0) is 0 Å². The van der Waals surface area contributed by atoms with Gasteiger partial charge in [-0.15, -0.1) is 0 Å². The van der Waals surface area contributed by atoms with Crippen LogP contribution in [-0.4, -0.2) is 68.6 Å². The Labute approximate surface area is 252 Å². The molecule has 3 amide bonds. The molecule has 11 nitrogen and oxygen atoms in total. The zero-order valence-corrected chi connectivity index (χ0v) is 25.0. The minimum atomic E-state index is -0.899. The van der Waals surface area contributed by atoms with Gasteiger partial charge in [-0.2, -0.15) is 5.26 Å². The number of hydrogen-bond acceptors (Lipinski definition) is 7. The second-order valence-corrected chi connectivity index (χ2v) is 13.0. The molecule has 1 unspecified atom stereocenters. The molecule has 0 spiro atoms. The lowest BCUT2D eigenvalue weighted by Crippen LogP contribution is -2.52. The van der Waals surface area contributed by atoms with E-state index in [-0.39, 0.29) is 36.1 Å². The van der Waals surface area contributed by atoms with Gasteiger partial charge in [0.15, 0.2) is 0 Å². The van der Waals surface area contributed by atoms with Crippen LogP contribution in [0.3, 0.4) is 0 Å². The van der Waals surface area contributed by atoms with Gasteiger partial charge in [0.05, 0.1) is 16.8 Å². The van der Waals surface area contributed by atoms with Gasteiger partial charge in [0.1, 0.15) is 11.9 Å². The SMILES string of the molecule is CC(C)(C)N(C(=O)O)C1CCC(Nc2cc(C(=O)NC3C[C@H]4CC[C@@H](C3)N4c3ccc(C(N)=O)cn3)ccc2C#N)CC1. The number of carbonyl (C=O) groups excluding carboxylic acids is 2. The molecule has 2 aliphatic heterocycles. The standard InChI is InChI=1S/C32H41N7O4/c1-32(2,3)39(31(42)43)24-9-7-22(8-10-24)36-27-14-19(4-5-20(27)17-33)30(41)37-23-15-25-11-12-26(16-23)38(25)28-13-6-21(18-35-28)29(34)40/h4-6,13-14,18,22-26,36H,7-12,15-16H2,1-3H3,(H2,34,40)(H,37,41)(H,42,43)/t22?,23?,24?,25-,26+. The third-order valence-electron chi connectivity index (χ3n) is 9.12. The summed E-state index contributed by atoms with van der Waals surface area (Å²) in [4.78, 5) is 45.0. The van der Waals surface area contributed by atoms with E-state index in [4.69, 9.17) is 5.73 Å². The van der Waals surface area contributed by atoms with Crippen LogP contribution >= 0.6 is 0 Å². The molecule has 5 N–H and O–H groups in total. The van der Waals surface area contributed by atoms with Crippen molar-refractivity contribution < 1.29 is 19.5 Å². The van der Waals surface area contributed by atoms with Crippen LogP contribution in [0.15, 0.2) is 36.5 Å². The fourth-order valence-electron chi connectivity index (χ4n) is 7.21. The first-order valence-electron chi connectivity index (χ1n) is 15.1. The molecule has 228 valence electrons. The van der Waals surface area contributed by atoms with Crippen molar-refractivity contribution in [3.63, 3.8) is 0 Å². The van der Waals surface area contributed by atoms with Crippen LogP contribution in [0.25, 0.3) is 0 Å². The molecule has 3 fully saturated rings. The first-order chi connectivity index (χ1) is 20.4. The van der Waals surface area contributed by atoms with E-state index in [9.17, 15) is 24.8 Å². The minimum absolute atomic E-state index is 0.0217. The monoisotopic (exact) mass is 587 g/mol. The molecule has 2 bridgehead atoms. The Morgan fingerprint density at radius 2 is 1.65 bits per heavy atom. The van der Waals surface area contributed by atoms with E-state index in [2.05, 4.69) is 26.6 Å². The molecular weight excluding hydrogens is 546 g/mol. The number of anilines is 2. The number of carboxylic acid groups (broad SMARTS) is 1. The summed E-state index contributed by atoms with van der Waals surface area (Å²) in [6.45, 7) is 5.74. The Morgan fingerprint density at radius 3 is 2.19 bits per heavy atom. The Balaban J connectivity index is 1.20. The van der Waals surface area contributed by atoms with Gasteiger partial charge < -0.3 is 31.3 Å². The molecule has 0 radical (unpaired) electrons. The maximum Gasteiger partial charge on any atom is 0.407 e. The Kier molecular flexibility index (Phi) is 8.49. The van der Waals surface area contributed by atoms with Crippen LogP contribution in [0.1, 0.15) is 98.4 Å². The van der Waals surface area contributed by atoms with Gasteiger partial charge in [-0.1, -0.05) is 0 Å². The number of pyridine rings is 1. The molecule has 1 saturated carbocycles. The molecule has 1 aromatic heterocycles. The van der Waals surface area contributed by atoms with Crippen molar-refractivity contribution >= 4 is 29.4 Å². The zero-order valence-electron chi connectivity index (χ0n) is 25.0. The number of hydrogen-bond donors (Lipinski definition) is 4. The first kappa shape index (κ1) is 30.1. The summed E-state index contributed by atoms with van der Waals surface area (Å²) in [6, 6.07) is 11.5. The van der Waals surface area contributed by atoms with E-state index in [0.29, 0.717) is 22.4 Å². The van der Waals surface area contributed by atoms with Gasteiger partial charge >= 0.3 is 6.09 Å². The number of benzene rings is 1. The van der Waals surface area contributed by atoms with Gasteiger partial charge in [0.2, 0.25) is 5.91 Å². The lowest BCUT2D eigenvalue weighted by molar-refractivity contribution is 0.0556. The lowest BCUT2D eigenvalue weighted by Gasteiger charge is -2.43. The number of primary amides is 1. The summed E-state index contributed by atoms with van der Waals surface area (Å²) in [5.41, 5.74) is 6.87. The number of carbonyl (C=O) groups is 3. The van der Waals surface area contributed by atoms with Gasteiger partial charge in [-0.25, -0.2) is 9.78 Å². The van der Waals surface area contributed by atoms with Crippen molar-refractivity contribution in [2.24, 2.45) is 5.73 Å². The molecule has 2 saturated heterocycles. The number of nitrogens with two attached hydrogens (primary N) is 1. The Morgan fingerprint density at radius 1 is 1.00 bits per heavy atom. The van der Waals surface area contributed by atoms with E-state index in [1.54, 1.807) is 29.2 Å². The van der Waals surface area contributed by atoms with E-state index in [0.717, 1.165) is 57.2 Å². The van der Waals surface area contributed by atoms with Crippen LogP contribution in [0, 0.1) is 11.3 Å². The maximum absolute atomic E-state index is 13.4. The second-order valence-electron chi connectivity index (χ2n) is 13.0. The number of rotatable bonds is 7. The van der Waals surface area contributed by atoms with E-state index < -0.39 is 17.5 Å². The highest BCUT2D eigenvalue weighted by molar-refractivity contribution is 5.96. The average Bonchev–Trinajstić information content (AvgIpc) is 3.22. The smallest absolute Gasteiger partial charge is 0.407 e. The number of nitrogens with zero attached hydrogens (tertiary/aromatic N) is 4. The van der Waals surface area contributed by atoms with Crippen LogP contribution in [0.4, 0.5) is 16.3 Å². The number of nitrogens with one attached hydrogen (secondary N) is 2. The molecule has 43 heavy (non-hydrogen) atoms. The molecule has 2 aromatic rings. The van der Waals surface area contributed by atoms with Crippen molar-refractivity contribution in [3.8, 4) is 6.07 Å². The third kappa shape index (κ3) is 6.53. The summed E-state index contributed by atoms with van der Waals surface area (Å²) in [5, 5.41) is 26.2. The quantitative estimate of drug-likeness (QED) is 0.368. The highest BCUT2D eigenvalue weighted by Gasteiger charge is 2.42. The predicted octanol–water partition coefficient (Wildman–Crippen LogP) is 4.48. The lowest BCUT2D eigenvalue weighted by atomic mass is 9.87. The molecular formula is C32H41N7O4. The van der Waals surface area contributed by atoms with Crippen molar-refractivity contribution in [2.45, 2.75) is 108 Å². The normalized spacial score (nSPS) is 25.0. The van der Waals surface area contributed by atoms with Gasteiger partial charge in [-0.05, 0) is 102 Å². The molecule has 11 heteroatoms. The van der Waals surface area contributed by atoms with E-state index in [1.807, 2.05) is 26.8 Å². The molecule has 3 atom stereocenters.